The maximum atomic E-state index is 12.7. The van der Waals surface area contributed by atoms with Crippen LogP contribution in [0, 0.1) is 5.92 Å². The zero-order valence-corrected chi connectivity index (χ0v) is 19.3. The summed E-state index contributed by atoms with van der Waals surface area (Å²) in [5, 5.41) is 0. The number of likely N-dealkylation sites (tertiary alicyclic amines) is 2. The number of hydrogen-bond donors (Lipinski definition) is 1. The number of carbonyl (C=O) groups is 1. The Morgan fingerprint density at radius 1 is 1.06 bits per heavy atom. The Bertz CT molecular complexity index is 1140. The summed E-state index contributed by atoms with van der Waals surface area (Å²) in [4.78, 5) is 36.8. The Hall–Kier alpha value is -2.93. The summed E-state index contributed by atoms with van der Waals surface area (Å²) in [6.07, 6.45) is 8.67. The van der Waals surface area contributed by atoms with Gasteiger partial charge in [0.15, 0.2) is 0 Å². The predicted octanol–water partition coefficient (Wildman–Crippen LogP) is 3.69. The van der Waals surface area contributed by atoms with E-state index in [0.717, 1.165) is 62.9 Å². The molecule has 33 heavy (non-hydrogen) atoms. The SMILES string of the molecule is CC(CC1CCN(C(=O)c2cccnc2)CC1)N1CCC(n2c(=O)[nH]c3ccccc32)CC1. The molecule has 0 saturated carbocycles. The molecule has 0 bridgehead atoms. The summed E-state index contributed by atoms with van der Waals surface area (Å²) in [6.45, 7) is 6.05. The number of nitrogens with one attached hydrogen (secondary N) is 1. The van der Waals surface area contributed by atoms with Crippen molar-refractivity contribution in [3.63, 3.8) is 0 Å². The van der Waals surface area contributed by atoms with Crippen LogP contribution in [-0.4, -0.2) is 62.5 Å². The van der Waals surface area contributed by atoms with Crippen LogP contribution in [0.25, 0.3) is 11.0 Å². The molecule has 3 aromatic rings. The second-order valence-corrected chi connectivity index (χ2v) is 9.65. The van der Waals surface area contributed by atoms with Crippen molar-refractivity contribution >= 4 is 16.9 Å². The van der Waals surface area contributed by atoms with E-state index in [1.54, 1.807) is 12.4 Å². The second-order valence-electron chi connectivity index (χ2n) is 9.65. The first-order valence-corrected chi connectivity index (χ1v) is 12.2. The number of para-hydroxylation sites is 2. The summed E-state index contributed by atoms with van der Waals surface area (Å²) in [5.74, 6) is 0.760. The van der Waals surface area contributed by atoms with Crippen LogP contribution in [-0.2, 0) is 0 Å². The van der Waals surface area contributed by atoms with Gasteiger partial charge in [-0.25, -0.2) is 4.79 Å². The van der Waals surface area contributed by atoms with Gasteiger partial charge >= 0.3 is 5.69 Å². The van der Waals surface area contributed by atoms with Gasteiger partial charge in [-0.05, 0) is 69.2 Å². The lowest BCUT2D eigenvalue weighted by atomic mass is 9.89. The molecule has 7 nitrogen and oxygen atoms in total. The Morgan fingerprint density at radius 3 is 2.55 bits per heavy atom. The number of carbonyl (C=O) groups excluding carboxylic acids is 1. The smallest absolute Gasteiger partial charge is 0.326 e. The fraction of sp³-hybridized carbons (Fsp3) is 0.500. The summed E-state index contributed by atoms with van der Waals surface area (Å²) in [6, 6.07) is 12.4. The topological polar surface area (TPSA) is 74.2 Å². The van der Waals surface area contributed by atoms with Crippen LogP contribution >= 0.6 is 0 Å². The number of piperidine rings is 2. The van der Waals surface area contributed by atoms with Crippen LogP contribution in [0.2, 0.25) is 0 Å². The van der Waals surface area contributed by atoms with Gasteiger partial charge in [0.25, 0.3) is 5.91 Å². The van der Waals surface area contributed by atoms with Crippen molar-refractivity contribution in [3.05, 3.63) is 64.8 Å². The standard InChI is InChI=1S/C26H33N5O2/c1-19(17-20-8-13-30(14-9-20)25(32)21-5-4-12-27-18-21)29-15-10-22(11-16-29)31-24-7-3-2-6-23(24)28-26(31)33/h2-7,12,18-20,22H,8-11,13-17H2,1H3,(H,28,33). The molecule has 7 heteroatoms. The summed E-state index contributed by atoms with van der Waals surface area (Å²) >= 11 is 0. The van der Waals surface area contributed by atoms with E-state index in [4.69, 9.17) is 0 Å². The Balaban J connectivity index is 1.12. The van der Waals surface area contributed by atoms with Gasteiger partial charge in [0.1, 0.15) is 0 Å². The van der Waals surface area contributed by atoms with Gasteiger partial charge in [0.05, 0.1) is 16.6 Å². The molecule has 1 N–H and O–H groups in total. The van der Waals surface area contributed by atoms with Crippen molar-refractivity contribution < 1.29 is 4.79 Å². The lowest BCUT2D eigenvalue weighted by Gasteiger charge is -2.39. The lowest BCUT2D eigenvalue weighted by Crippen LogP contribution is -2.44. The molecule has 1 aromatic carbocycles. The van der Waals surface area contributed by atoms with E-state index in [2.05, 4.69) is 21.8 Å². The van der Waals surface area contributed by atoms with Gasteiger partial charge in [0.2, 0.25) is 0 Å². The Labute approximate surface area is 194 Å². The molecule has 1 atom stereocenters. The summed E-state index contributed by atoms with van der Waals surface area (Å²) < 4.78 is 1.96. The zero-order valence-electron chi connectivity index (χ0n) is 19.3. The first-order chi connectivity index (χ1) is 16.1. The van der Waals surface area contributed by atoms with Gasteiger partial charge in [-0.15, -0.1) is 0 Å². The van der Waals surface area contributed by atoms with Crippen LogP contribution in [0.5, 0.6) is 0 Å². The maximum absolute atomic E-state index is 12.7. The van der Waals surface area contributed by atoms with Crippen LogP contribution in [0.1, 0.15) is 55.4 Å². The highest BCUT2D eigenvalue weighted by Crippen LogP contribution is 2.29. The molecule has 1 amide bonds. The molecule has 2 aliphatic rings. The molecule has 2 fully saturated rings. The van der Waals surface area contributed by atoms with E-state index in [1.165, 1.54) is 6.42 Å². The number of rotatable bonds is 5. The highest BCUT2D eigenvalue weighted by molar-refractivity contribution is 5.93. The van der Waals surface area contributed by atoms with Gasteiger partial charge < -0.3 is 14.8 Å². The number of aromatic nitrogens is 3. The van der Waals surface area contributed by atoms with E-state index >= 15 is 0 Å². The molecule has 4 heterocycles. The number of benzene rings is 1. The highest BCUT2D eigenvalue weighted by Gasteiger charge is 2.29. The van der Waals surface area contributed by atoms with Gasteiger partial charge in [-0.2, -0.15) is 0 Å². The largest absolute Gasteiger partial charge is 0.339 e. The van der Waals surface area contributed by atoms with E-state index in [9.17, 15) is 9.59 Å². The first-order valence-electron chi connectivity index (χ1n) is 12.2. The molecule has 0 aliphatic carbocycles. The number of fused-ring (bicyclic) bond motifs is 1. The average Bonchev–Trinajstić information content (AvgIpc) is 3.20. The molecule has 174 valence electrons. The monoisotopic (exact) mass is 447 g/mol. The van der Waals surface area contributed by atoms with E-state index in [-0.39, 0.29) is 17.6 Å². The third-order valence-corrected chi connectivity index (χ3v) is 7.60. The van der Waals surface area contributed by atoms with Crippen molar-refractivity contribution in [3.8, 4) is 0 Å². The van der Waals surface area contributed by atoms with Crippen LogP contribution in [0.3, 0.4) is 0 Å². The quantitative estimate of drug-likeness (QED) is 0.647. The number of amides is 1. The van der Waals surface area contributed by atoms with Crippen LogP contribution in [0.4, 0.5) is 0 Å². The van der Waals surface area contributed by atoms with E-state index in [0.29, 0.717) is 17.5 Å². The molecule has 1 unspecified atom stereocenters. The van der Waals surface area contributed by atoms with Crippen molar-refractivity contribution in [1.82, 2.24) is 24.3 Å². The van der Waals surface area contributed by atoms with Crippen molar-refractivity contribution in [1.29, 1.82) is 0 Å². The number of H-pyrrole nitrogens is 1. The van der Waals surface area contributed by atoms with Crippen LogP contribution in [0.15, 0.2) is 53.6 Å². The fourth-order valence-electron chi connectivity index (χ4n) is 5.70. The number of nitrogens with zero attached hydrogens (tertiary/aromatic N) is 4. The molecular weight excluding hydrogens is 414 g/mol. The zero-order chi connectivity index (χ0) is 22.8. The normalized spacial score (nSPS) is 19.7. The number of pyridine rings is 1. The summed E-state index contributed by atoms with van der Waals surface area (Å²) in [7, 11) is 0. The number of aromatic amines is 1. The predicted molar refractivity (Wildman–Crippen MR) is 129 cm³/mol. The molecule has 5 rings (SSSR count). The minimum Gasteiger partial charge on any atom is -0.339 e. The van der Waals surface area contributed by atoms with E-state index < -0.39 is 0 Å². The number of imidazole rings is 1. The average molecular weight is 448 g/mol. The summed E-state index contributed by atoms with van der Waals surface area (Å²) in [5.41, 5.74) is 2.63. The third kappa shape index (κ3) is 4.60. The lowest BCUT2D eigenvalue weighted by molar-refractivity contribution is 0.0654. The van der Waals surface area contributed by atoms with Gasteiger partial charge in [0, 0.05) is 50.7 Å². The minimum absolute atomic E-state index is 0.00953. The Morgan fingerprint density at radius 2 is 1.82 bits per heavy atom. The van der Waals surface area contributed by atoms with E-state index in [1.807, 2.05) is 45.9 Å². The third-order valence-electron chi connectivity index (χ3n) is 7.60. The fourth-order valence-corrected chi connectivity index (χ4v) is 5.70. The second kappa shape index (κ2) is 9.51. The molecule has 2 saturated heterocycles. The van der Waals surface area contributed by atoms with Gasteiger partial charge in [-0.3, -0.25) is 14.3 Å². The maximum Gasteiger partial charge on any atom is 0.326 e. The molecular formula is C26H33N5O2. The van der Waals surface area contributed by atoms with Crippen LogP contribution < -0.4 is 5.69 Å². The van der Waals surface area contributed by atoms with Crippen molar-refractivity contribution in [2.24, 2.45) is 5.92 Å². The molecule has 0 spiro atoms. The number of hydrogen-bond acceptors (Lipinski definition) is 4. The Kier molecular flexibility index (Phi) is 6.31. The van der Waals surface area contributed by atoms with Crippen molar-refractivity contribution in [2.75, 3.05) is 26.2 Å². The highest BCUT2D eigenvalue weighted by atomic mass is 16.2. The molecule has 2 aliphatic heterocycles. The minimum atomic E-state index is 0.00953. The molecule has 0 radical (unpaired) electrons. The first kappa shape index (κ1) is 21.9. The van der Waals surface area contributed by atoms with Crippen molar-refractivity contribution in [2.45, 2.75) is 51.1 Å². The molecule has 2 aromatic heterocycles. The van der Waals surface area contributed by atoms with Gasteiger partial charge in [-0.1, -0.05) is 12.1 Å².